The second-order valence-electron chi connectivity index (χ2n) is 2.20. The Balaban J connectivity index is 0.000001000. The third-order valence-electron chi connectivity index (χ3n) is 1.28. The van der Waals surface area contributed by atoms with Gasteiger partial charge in [0.25, 0.3) is 0 Å². The number of halogens is 2. The van der Waals surface area contributed by atoms with Crippen LogP contribution in [0.2, 0.25) is 5.15 Å². The maximum Gasteiger partial charge on any atom is 0.129 e. The molecule has 2 nitrogen and oxygen atoms in total. The monoisotopic (exact) mass is 192 g/mol. The lowest BCUT2D eigenvalue weighted by Crippen LogP contribution is -2.04. The first-order valence-electron chi connectivity index (χ1n) is 3.07. The van der Waals surface area contributed by atoms with E-state index in [0.29, 0.717) is 5.15 Å². The standard InChI is InChI=1S/C7H9ClN2.ClH/c1-5(9)6-2-3-10-7(8)4-6;/h2-5H,9H2,1H3;1H/t5-;/m1./s1. The zero-order valence-electron chi connectivity index (χ0n) is 6.12. The van der Waals surface area contributed by atoms with E-state index in [1.54, 1.807) is 12.3 Å². The highest BCUT2D eigenvalue weighted by atomic mass is 35.5. The number of hydrogen-bond acceptors (Lipinski definition) is 2. The quantitative estimate of drug-likeness (QED) is 0.694. The van der Waals surface area contributed by atoms with Crippen LogP contribution in [0.1, 0.15) is 18.5 Å². The predicted octanol–water partition coefficient (Wildman–Crippen LogP) is 2.18. The lowest BCUT2D eigenvalue weighted by atomic mass is 10.1. The summed E-state index contributed by atoms with van der Waals surface area (Å²) in [5, 5.41) is 0.495. The van der Waals surface area contributed by atoms with Gasteiger partial charge in [-0.1, -0.05) is 11.6 Å². The molecule has 0 amide bonds. The van der Waals surface area contributed by atoms with Gasteiger partial charge in [-0.25, -0.2) is 4.98 Å². The van der Waals surface area contributed by atoms with E-state index in [0.717, 1.165) is 5.56 Å². The molecule has 0 aliphatic heterocycles. The Morgan fingerprint density at radius 2 is 2.27 bits per heavy atom. The minimum absolute atomic E-state index is 0. The molecule has 0 radical (unpaired) electrons. The average molecular weight is 193 g/mol. The van der Waals surface area contributed by atoms with Gasteiger partial charge in [0.1, 0.15) is 5.15 Å². The van der Waals surface area contributed by atoms with Crippen LogP contribution < -0.4 is 5.73 Å². The van der Waals surface area contributed by atoms with E-state index < -0.39 is 0 Å². The van der Waals surface area contributed by atoms with E-state index in [1.165, 1.54) is 0 Å². The molecule has 0 aliphatic carbocycles. The molecule has 0 spiro atoms. The molecule has 1 atom stereocenters. The van der Waals surface area contributed by atoms with Gasteiger partial charge in [-0.2, -0.15) is 0 Å². The first-order chi connectivity index (χ1) is 4.70. The fourth-order valence-corrected chi connectivity index (χ4v) is 0.883. The Kier molecular flexibility index (Phi) is 4.42. The number of nitrogens with zero attached hydrogens (tertiary/aromatic N) is 1. The van der Waals surface area contributed by atoms with Crippen molar-refractivity contribution >= 4 is 24.0 Å². The maximum absolute atomic E-state index is 5.62. The van der Waals surface area contributed by atoms with Gasteiger partial charge in [-0.15, -0.1) is 12.4 Å². The SMILES string of the molecule is C[C@@H](N)c1ccnc(Cl)c1.Cl. The van der Waals surface area contributed by atoms with E-state index in [1.807, 2.05) is 13.0 Å². The van der Waals surface area contributed by atoms with Crippen molar-refractivity contribution in [2.24, 2.45) is 5.73 Å². The Hall–Kier alpha value is -0.310. The van der Waals surface area contributed by atoms with Gasteiger partial charge < -0.3 is 5.73 Å². The van der Waals surface area contributed by atoms with Crippen LogP contribution in [0.25, 0.3) is 0 Å². The van der Waals surface area contributed by atoms with Gasteiger partial charge in [0, 0.05) is 12.2 Å². The van der Waals surface area contributed by atoms with E-state index in [-0.39, 0.29) is 18.4 Å². The molecule has 0 aromatic carbocycles. The topological polar surface area (TPSA) is 38.9 Å². The molecule has 0 saturated heterocycles. The van der Waals surface area contributed by atoms with Crippen LogP contribution in [0.3, 0.4) is 0 Å². The van der Waals surface area contributed by atoms with Crippen molar-refractivity contribution in [1.82, 2.24) is 4.98 Å². The summed E-state index contributed by atoms with van der Waals surface area (Å²) in [5.41, 5.74) is 6.61. The molecule has 0 saturated carbocycles. The first-order valence-corrected chi connectivity index (χ1v) is 3.45. The first kappa shape index (κ1) is 10.7. The van der Waals surface area contributed by atoms with E-state index in [9.17, 15) is 0 Å². The minimum atomic E-state index is 0. The van der Waals surface area contributed by atoms with Gasteiger partial charge in [-0.3, -0.25) is 0 Å². The Morgan fingerprint density at radius 3 is 2.64 bits per heavy atom. The number of aromatic nitrogens is 1. The number of pyridine rings is 1. The molecule has 0 aliphatic rings. The largest absolute Gasteiger partial charge is 0.324 e. The molecular formula is C7H10Cl2N2. The van der Waals surface area contributed by atoms with Crippen LogP contribution in [-0.2, 0) is 0 Å². The summed E-state index contributed by atoms with van der Waals surface area (Å²) in [6.45, 7) is 1.91. The zero-order valence-corrected chi connectivity index (χ0v) is 7.69. The van der Waals surface area contributed by atoms with Crippen molar-refractivity contribution in [2.75, 3.05) is 0 Å². The predicted molar refractivity (Wildman–Crippen MR) is 49.1 cm³/mol. The Labute approximate surface area is 77.2 Å². The van der Waals surface area contributed by atoms with Crippen LogP contribution in [0, 0.1) is 0 Å². The Morgan fingerprint density at radius 1 is 1.64 bits per heavy atom. The number of nitrogens with two attached hydrogens (primary N) is 1. The molecule has 2 N–H and O–H groups in total. The molecule has 4 heteroatoms. The van der Waals surface area contributed by atoms with E-state index in [2.05, 4.69) is 4.98 Å². The lowest BCUT2D eigenvalue weighted by Gasteiger charge is -2.03. The molecule has 1 aromatic heterocycles. The van der Waals surface area contributed by atoms with Crippen LogP contribution in [0.4, 0.5) is 0 Å². The smallest absolute Gasteiger partial charge is 0.129 e. The van der Waals surface area contributed by atoms with Crippen molar-refractivity contribution < 1.29 is 0 Å². The zero-order chi connectivity index (χ0) is 7.56. The summed E-state index contributed by atoms with van der Waals surface area (Å²) in [7, 11) is 0. The van der Waals surface area contributed by atoms with Crippen molar-refractivity contribution in [3.63, 3.8) is 0 Å². The third-order valence-corrected chi connectivity index (χ3v) is 1.48. The van der Waals surface area contributed by atoms with Gasteiger partial charge in [-0.05, 0) is 24.6 Å². The van der Waals surface area contributed by atoms with E-state index >= 15 is 0 Å². The maximum atomic E-state index is 5.62. The summed E-state index contributed by atoms with van der Waals surface area (Å²) >= 11 is 5.62. The highest BCUT2D eigenvalue weighted by Gasteiger charge is 1.98. The second kappa shape index (κ2) is 4.54. The summed E-state index contributed by atoms with van der Waals surface area (Å²) in [6, 6.07) is 3.66. The van der Waals surface area contributed by atoms with Gasteiger partial charge in [0.15, 0.2) is 0 Å². The average Bonchev–Trinajstić information content (AvgIpc) is 1.88. The highest BCUT2D eigenvalue weighted by Crippen LogP contribution is 2.12. The summed E-state index contributed by atoms with van der Waals surface area (Å²) in [4.78, 5) is 3.83. The summed E-state index contributed by atoms with van der Waals surface area (Å²) in [5.74, 6) is 0. The van der Waals surface area contributed by atoms with Crippen molar-refractivity contribution in [1.29, 1.82) is 0 Å². The van der Waals surface area contributed by atoms with Gasteiger partial charge in [0.05, 0.1) is 0 Å². The van der Waals surface area contributed by atoms with Gasteiger partial charge in [0.2, 0.25) is 0 Å². The van der Waals surface area contributed by atoms with Crippen molar-refractivity contribution in [2.45, 2.75) is 13.0 Å². The molecule has 1 rings (SSSR count). The van der Waals surface area contributed by atoms with Crippen molar-refractivity contribution in [3.05, 3.63) is 29.0 Å². The van der Waals surface area contributed by atoms with Crippen LogP contribution >= 0.6 is 24.0 Å². The summed E-state index contributed by atoms with van der Waals surface area (Å²) < 4.78 is 0. The van der Waals surface area contributed by atoms with Crippen LogP contribution in [-0.4, -0.2) is 4.98 Å². The fourth-order valence-electron chi connectivity index (χ4n) is 0.701. The molecule has 0 fully saturated rings. The van der Waals surface area contributed by atoms with Gasteiger partial charge >= 0.3 is 0 Å². The Bertz CT molecular complexity index is 225. The molecule has 1 heterocycles. The molecule has 0 unspecified atom stereocenters. The molecule has 11 heavy (non-hydrogen) atoms. The highest BCUT2D eigenvalue weighted by molar-refractivity contribution is 6.29. The second-order valence-corrected chi connectivity index (χ2v) is 2.59. The van der Waals surface area contributed by atoms with E-state index in [4.69, 9.17) is 17.3 Å². The van der Waals surface area contributed by atoms with Crippen LogP contribution in [0.15, 0.2) is 18.3 Å². The molecule has 1 aromatic rings. The number of rotatable bonds is 1. The van der Waals surface area contributed by atoms with Crippen LogP contribution in [0.5, 0.6) is 0 Å². The molecular weight excluding hydrogens is 183 g/mol. The fraction of sp³-hybridized carbons (Fsp3) is 0.286. The minimum Gasteiger partial charge on any atom is -0.324 e. The number of hydrogen-bond donors (Lipinski definition) is 1. The molecule has 62 valence electrons. The third kappa shape index (κ3) is 3.06. The van der Waals surface area contributed by atoms with Crippen molar-refractivity contribution in [3.8, 4) is 0 Å². The summed E-state index contributed by atoms with van der Waals surface area (Å²) in [6.07, 6.45) is 1.65. The normalized spacial score (nSPS) is 11.9. The molecule has 0 bridgehead atoms. The lowest BCUT2D eigenvalue weighted by molar-refractivity contribution is 0.815.